The van der Waals surface area contributed by atoms with Crippen LogP contribution < -0.4 is 0 Å². The summed E-state index contributed by atoms with van der Waals surface area (Å²) in [5.41, 5.74) is -0.166. The number of carbonyl (C=O) groups excluding carboxylic acids is 2. The van der Waals surface area contributed by atoms with Gasteiger partial charge < -0.3 is 10.2 Å². The van der Waals surface area contributed by atoms with Crippen LogP contribution in [0.2, 0.25) is 0 Å². The van der Waals surface area contributed by atoms with Crippen LogP contribution in [0.3, 0.4) is 0 Å². The van der Waals surface area contributed by atoms with E-state index in [1.54, 1.807) is 0 Å². The summed E-state index contributed by atoms with van der Waals surface area (Å²) in [6, 6.07) is 0. The molecule has 2 N–H and O–H groups in total. The van der Waals surface area contributed by atoms with Gasteiger partial charge in [0.15, 0.2) is 0 Å². The van der Waals surface area contributed by atoms with Crippen molar-refractivity contribution in [1.82, 2.24) is 0 Å². The molecule has 0 rings (SSSR count). The van der Waals surface area contributed by atoms with E-state index in [0.717, 1.165) is 0 Å². The topological polar surface area (TPSA) is 91.7 Å². The molecule has 0 amide bonds. The first-order valence-electron chi connectivity index (χ1n) is 6.42. The Morgan fingerprint density at radius 2 is 1.58 bits per heavy atom. The lowest BCUT2D eigenvalue weighted by molar-refractivity contribution is -0.141. The van der Waals surface area contributed by atoms with Crippen molar-refractivity contribution in [3.8, 4) is 0 Å². The lowest BCUT2D eigenvalue weighted by atomic mass is 9.79. The van der Waals surface area contributed by atoms with Crippen LogP contribution >= 0.6 is 0 Å². The highest BCUT2D eigenvalue weighted by Gasteiger charge is 2.29. The Bertz CT molecular complexity index is 340. The third-order valence-electron chi connectivity index (χ3n) is 2.98. The molecule has 0 saturated heterocycles. The van der Waals surface area contributed by atoms with Crippen molar-refractivity contribution in [1.29, 1.82) is 0 Å². The van der Waals surface area contributed by atoms with Gasteiger partial charge in [-0.1, -0.05) is 20.8 Å². The summed E-state index contributed by atoms with van der Waals surface area (Å²) in [4.78, 5) is 34.1. The number of aliphatic hydroxyl groups is 1. The fourth-order valence-electron chi connectivity index (χ4n) is 2.00. The number of carboxylic acids is 1. The van der Waals surface area contributed by atoms with Gasteiger partial charge in [0, 0.05) is 18.3 Å². The average molecular weight is 272 g/mol. The number of aliphatic carboxylic acids is 1. The van der Waals surface area contributed by atoms with Gasteiger partial charge >= 0.3 is 5.97 Å². The summed E-state index contributed by atoms with van der Waals surface area (Å²) in [7, 11) is 0. The first kappa shape index (κ1) is 17.8. The van der Waals surface area contributed by atoms with E-state index >= 15 is 0 Å². The van der Waals surface area contributed by atoms with Gasteiger partial charge in [0.2, 0.25) is 0 Å². The Morgan fingerprint density at radius 1 is 1.05 bits per heavy atom. The summed E-state index contributed by atoms with van der Waals surface area (Å²) >= 11 is 0. The third kappa shape index (κ3) is 7.72. The Labute approximate surface area is 114 Å². The first-order valence-corrected chi connectivity index (χ1v) is 6.42. The van der Waals surface area contributed by atoms with Crippen molar-refractivity contribution in [2.75, 3.05) is 6.61 Å². The SMILES string of the molecule is CC(=O)C(CO)CC(=O)C(CC(=O)O)CC(C)(C)C. The van der Waals surface area contributed by atoms with Gasteiger partial charge in [-0.25, -0.2) is 0 Å². The number of ketones is 2. The quantitative estimate of drug-likeness (QED) is 0.701. The monoisotopic (exact) mass is 272 g/mol. The molecule has 0 radical (unpaired) electrons. The highest BCUT2D eigenvalue weighted by Crippen LogP contribution is 2.28. The van der Waals surface area contributed by atoms with Crippen LogP contribution in [0.4, 0.5) is 0 Å². The summed E-state index contributed by atoms with van der Waals surface area (Å²) in [5, 5.41) is 17.9. The van der Waals surface area contributed by atoms with Crippen LogP contribution in [0, 0.1) is 17.3 Å². The largest absolute Gasteiger partial charge is 0.481 e. The van der Waals surface area contributed by atoms with E-state index in [1.807, 2.05) is 20.8 Å². The first-order chi connectivity index (χ1) is 8.56. The molecule has 0 aliphatic heterocycles. The second-order valence-corrected chi connectivity index (χ2v) is 6.22. The van der Waals surface area contributed by atoms with Crippen molar-refractivity contribution < 1.29 is 24.6 Å². The van der Waals surface area contributed by atoms with E-state index in [2.05, 4.69) is 0 Å². The van der Waals surface area contributed by atoms with E-state index in [0.29, 0.717) is 6.42 Å². The molecule has 0 aliphatic carbocycles. The van der Waals surface area contributed by atoms with E-state index < -0.39 is 17.8 Å². The van der Waals surface area contributed by atoms with E-state index in [9.17, 15) is 14.4 Å². The standard InChI is InChI=1S/C14H24O5/c1-9(16)11(8-15)5-12(17)10(6-13(18)19)7-14(2,3)4/h10-11,15H,5-8H2,1-4H3,(H,18,19). The van der Waals surface area contributed by atoms with Crippen LogP contribution in [0.15, 0.2) is 0 Å². The van der Waals surface area contributed by atoms with Crippen molar-refractivity contribution >= 4 is 17.5 Å². The average Bonchev–Trinajstić information content (AvgIpc) is 2.21. The maximum absolute atomic E-state index is 12.1. The Morgan fingerprint density at radius 3 is 1.89 bits per heavy atom. The maximum atomic E-state index is 12.1. The molecule has 110 valence electrons. The van der Waals surface area contributed by atoms with Crippen molar-refractivity contribution in [3.63, 3.8) is 0 Å². The Hall–Kier alpha value is -1.23. The summed E-state index contributed by atoms with van der Waals surface area (Å²) in [6.45, 7) is 6.75. The molecule has 0 saturated carbocycles. The molecule has 0 fully saturated rings. The molecular formula is C14H24O5. The van der Waals surface area contributed by atoms with Gasteiger partial charge in [0.05, 0.1) is 13.0 Å². The predicted octanol–water partition coefficient (Wildman–Crippen LogP) is 1.67. The molecule has 0 aromatic rings. The minimum absolute atomic E-state index is 0.0835. The van der Waals surface area contributed by atoms with Gasteiger partial charge in [-0.3, -0.25) is 14.4 Å². The van der Waals surface area contributed by atoms with Gasteiger partial charge in [-0.2, -0.15) is 0 Å². The summed E-state index contributed by atoms with van der Waals surface area (Å²) < 4.78 is 0. The molecule has 0 heterocycles. The fraction of sp³-hybridized carbons (Fsp3) is 0.786. The zero-order valence-corrected chi connectivity index (χ0v) is 12.1. The van der Waals surface area contributed by atoms with Gasteiger partial charge in [0.1, 0.15) is 11.6 Å². The lowest BCUT2D eigenvalue weighted by Gasteiger charge is -2.25. The molecule has 5 nitrogen and oxygen atoms in total. The number of carbonyl (C=O) groups is 3. The molecule has 0 aromatic heterocycles. The van der Waals surface area contributed by atoms with Crippen LogP contribution in [0.5, 0.6) is 0 Å². The minimum atomic E-state index is -1.02. The van der Waals surface area contributed by atoms with Crippen molar-refractivity contribution in [2.45, 2.75) is 47.0 Å². The molecule has 19 heavy (non-hydrogen) atoms. The fourth-order valence-corrected chi connectivity index (χ4v) is 2.00. The second-order valence-electron chi connectivity index (χ2n) is 6.22. The normalized spacial score (nSPS) is 14.8. The molecule has 0 spiro atoms. The van der Waals surface area contributed by atoms with Crippen molar-refractivity contribution in [3.05, 3.63) is 0 Å². The van der Waals surface area contributed by atoms with Gasteiger partial charge in [-0.15, -0.1) is 0 Å². The Balaban J connectivity index is 4.80. The van der Waals surface area contributed by atoms with Gasteiger partial charge in [0.25, 0.3) is 0 Å². The Kier molecular flexibility index (Phi) is 6.90. The molecule has 2 unspecified atom stereocenters. The lowest BCUT2D eigenvalue weighted by Crippen LogP contribution is -2.28. The predicted molar refractivity (Wildman–Crippen MR) is 70.7 cm³/mol. The number of aliphatic hydroxyl groups excluding tert-OH is 1. The number of hydrogen-bond donors (Lipinski definition) is 2. The number of Topliss-reactive ketones (excluding diaryl/α,β-unsaturated/α-hetero) is 2. The smallest absolute Gasteiger partial charge is 0.304 e. The molecule has 5 heteroatoms. The van der Waals surface area contributed by atoms with Crippen LogP contribution in [0.1, 0.15) is 47.0 Å². The number of hydrogen-bond acceptors (Lipinski definition) is 4. The second kappa shape index (κ2) is 7.38. The minimum Gasteiger partial charge on any atom is -0.481 e. The summed E-state index contributed by atoms with van der Waals surface area (Å²) in [5.74, 6) is -2.85. The van der Waals surface area contributed by atoms with E-state index in [4.69, 9.17) is 10.2 Å². The zero-order chi connectivity index (χ0) is 15.2. The van der Waals surface area contributed by atoms with E-state index in [-0.39, 0.29) is 36.4 Å². The highest BCUT2D eigenvalue weighted by atomic mass is 16.4. The third-order valence-corrected chi connectivity index (χ3v) is 2.98. The van der Waals surface area contributed by atoms with Crippen LogP contribution in [0.25, 0.3) is 0 Å². The molecule has 0 bridgehead atoms. The van der Waals surface area contributed by atoms with Gasteiger partial charge in [-0.05, 0) is 18.8 Å². The number of carboxylic acid groups (broad SMARTS) is 1. The molecule has 2 atom stereocenters. The number of rotatable bonds is 8. The molecule has 0 aromatic carbocycles. The van der Waals surface area contributed by atoms with E-state index in [1.165, 1.54) is 6.92 Å². The van der Waals surface area contributed by atoms with Crippen molar-refractivity contribution in [2.24, 2.45) is 17.3 Å². The maximum Gasteiger partial charge on any atom is 0.304 e. The molecular weight excluding hydrogens is 248 g/mol. The van der Waals surface area contributed by atoms with Crippen LogP contribution in [-0.2, 0) is 14.4 Å². The molecule has 0 aliphatic rings. The highest BCUT2D eigenvalue weighted by molar-refractivity contribution is 5.89. The summed E-state index contributed by atoms with van der Waals surface area (Å²) in [6.07, 6.45) is 0.139. The zero-order valence-electron chi connectivity index (χ0n) is 12.1. The van der Waals surface area contributed by atoms with Crippen LogP contribution in [-0.4, -0.2) is 34.4 Å².